The minimum atomic E-state index is -0.117. The predicted molar refractivity (Wildman–Crippen MR) is 43.1 cm³/mol. The Morgan fingerprint density at radius 3 is 3.33 bits per heavy atom. The van der Waals surface area contributed by atoms with Gasteiger partial charge in [-0.2, -0.15) is 0 Å². The Kier molecular flexibility index (Phi) is 1.46. The lowest BCUT2D eigenvalue weighted by molar-refractivity contribution is -0.118. The number of anilines is 1. The molecular formula is C8H8N2O2. The lowest BCUT2D eigenvalue weighted by Gasteiger charge is -2.17. The molecule has 2 rings (SSSR count). The van der Waals surface area contributed by atoms with E-state index in [0.29, 0.717) is 11.4 Å². The molecule has 0 radical (unpaired) electrons. The van der Waals surface area contributed by atoms with Crippen molar-refractivity contribution in [3.05, 3.63) is 18.0 Å². The van der Waals surface area contributed by atoms with Crippen LogP contribution in [0.3, 0.4) is 0 Å². The number of pyridine rings is 1. The van der Waals surface area contributed by atoms with Gasteiger partial charge in [0.1, 0.15) is 0 Å². The maximum Gasteiger partial charge on any atom is 0.262 e. The summed E-state index contributed by atoms with van der Waals surface area (Å²) in [6.45, 7) is 1.94. The van der Waals surface area contributed by atoms with Crippen LogP contribution in [0.4, 0.5) is 5.69 Å². The number of fused-ring (bicyclic) bond motifs is 1. The third-order valence-electron chi connectivity index (χ3n) is 1.64. The largest absolute Gasteiger partial charge is 0.480 e. The second-order valence-corrected chi connectivity index (χ2v) is 2.66. The number of aryl methyl sites for hydroxylation is 1. The highest BCUT2D eigenvalue weighted by Crippen LogP contribution is 2.26. The van der Waals surface area contributed by atoms with E-state index in [-0.39, 0.29) is 12.5 Å². The summed E-state index contributed by atoms with van der Waals surface area (Å²) >= 11 is 0. The summed E-state index contributed by atoms with van der Waals surface area (Å²) < 4.78 is 5.12. The van der Waals surface area contributed by atoms with Crippen LogP contribution in [0.25, 0.3) is 0 Å². The molecule has 0 saturated carbocycles. The van der Waals surface area contributed by atoms with Crippen LogP contribution in [0, 0.1) is 6.92 Å². The van der Waals surface area contributed by atoms with Crippen molar-refractivity contribution < 1.29 is 9.53 Å². The van der Waals surface area contributed by atoms with Crippen molar-refractivity contribution in [1.29, 1.82) is 0 Å². The standard InChI is InChI=1S/C8H8N2O2/c1-5-2-6-7(3-9-5)12-4-8(11)10-6/h2-3H,4H2,1H3,(H,10,11). The van der Waals surface area contributed by atoms with Gasteiger partial charge in [-0.25, -0.2) is 0 Å². The molecule has 0 unspecified atom stereocenters. The lowest BCUT2D eigenvalue weighted by Crippen LogP contribution is -2.25. The molecule has 0 aliphatic carbocycles. The zero-order valence-electron chi connectivity index (χ0n) is 6.63. The number of nitrogens with one attached hydrogen (secondary N) is 1. The van der Waals surface area contributed by atoms with Gasteiger partial charge in [-0.1, -0.05) is 0 Å². The average molecular weight is 164 g/mol. The maximum absolute atomic E-state index is 10.9. The summed E-state index contributed by atoms with van der Waals surface area (Å²) in [7, 11) is 0. The van der Waals surface area contributed by atoms with E-state index in [1.807, 2.05) is 6.92 Å². The molecule has 4 heteroatoms. The van der Waals surface area contributed by atoms with Gasteiger partial charge in [-0.15, -0.1) is 0 Å². The van der Waals surface area contributed by atoms with E-state index < -0.39 is 0 Å². The second kappa shape index (κ2) is 2.48. The number of carbonyl (C=O) groups is 1. The molecule has 2 heterocycles. The normalized spacial score (nSPS) is 14.6. The summed E-state index contributed by atoms with van der Waals surface area (Å²) in [4.78, 5) is 14.9. The van der Waals surface area contributed by atoms with Crippen molar-refractivity contribution in [2.75, 3.05) is 11.9 Å². The Labute approximate surface area is 69.6 Å². The van der Waals surface area contributed by atoms with Crippen LogP contribution in [0.2, 0.25) is 0 Å². The lowest BCUT2D eigenvalue weighted by atomic mass is 10.3. The molecule has 1 N–H and O–H groups in total. The molecule has 0 fully saturated rings. The number of nitrogens with zero attached hydrogens (tertiary/aromatic N) is 1. The Morgan fingerprint density at radius 2 is 2.50 bits per heavy atom. The Bertz CT molecular complexity index is 336. The highest BCUT2D eigenvalue weighted by atomic mass is 16.5. The van der Waals surface area contributed by atoms with Gasteiger partial charge >= 0.3 is 0 Å². The summed E-state index contributed by atoms with van der Waals surface area (Å²) in [5.74, 6) is 0.522. The monoisotopic (exact) mass is 164 g/mol. The Morgan fingerprint density at radius 1 is 1.67 bits per heavy atom. The van der Waals surface area contributed by atoms with E-state index in [1.54, 1.807) is 12.3 Å². The zero-order valence-corrected chi connectivity index (χ0v) is 6.63. The molecule has 1 aliphatic heterocycles. The minimum Gasteiger partial charge on any atom is -0.480 e. The first-order valence-electron chi connectivity index (χ1n) is 3.65. The van der Waals surface area contributed by atoms with E-state index in [2.05, 4.69) is 10.3 Å². The third kappa shape index (κ3) is 1.11. The highest BCUT2D eigenvalue weighted by molar-refractivity contribution is 5.95. The highest BCUT2D eigenvalue weighted by Gasteiger charge is 2.15. The Balaban J connectivity index is 2.44. The van der Waals surface area contributed by atoms with E-state index in [0.717, 1.165) is 5.69 Å². The van der Waals surface area contributed by atoms with E-state index in [1.165, 1.54) is 0 Å². The van der Waals surface area contributed by atoms with Gasteiger partial charge in [0.05, 0.1) is 11.9 Å². The molecule has 62 valence electrons. The van der Waals surface area contributed by atoms with Gasteiger partial charge in [-0.05, 0) is 13.0 Å². The van der Waals surface area contributed by atoms with Gasteiger partial charge in [-0.3, -0.25) is 9.78 Å². The quantitative estimate of drug-likeness (QED) is 0.614. The van der Waals surface area contributed by atoms with Crippen LogP contribution in [0.1, 0.15) is 5.69 Å². The smallest absolute Gasteiger partial charge is 0.262 e. The molecule has 0 atom stereocenters. The fraction of sp³-hybridized carbons (Fsp3) is 0.250. The first-order chi connectivity index (χ1) is 5.75. The molecule has 12 heavy (non-hydrogen) atoms. The van der Waals surface area contributed by atoms with Crippen LogP contribution in [0.5, 0.6) is 5.75 Å². The summed E-state index contributed by atoms with van der Waals surface area (Å²) in [5.41, 5.74) is 1.57. The summed E-state index contributed by atoms with van der Waals surface area (Å²) in [6, 6.07) is 1.78. The van der Waals surface area contributed by atoms with Crippen LogP contribution in [0.15, 0.2) is 12.3 Å². The number of amides is 1. The number of aromatic nitrogens is 1. The number of ether oxygens (including phenoxy) is 1. The molecule has 0 aromatic carbocycles. The van der Waals surface area contributed by atoms with Crippen molar-refractivity contribution in [2.45, 2.75) is 6.92 Å². The molecular weight excluding hydrogens is 156 g/mol. The fourth-order valence-corrected chi connectivity index (χ4v) is 1.09. The molecule has 1 aromatic heterocycles. The molecule has 0 spiro atoms. The summed E-state index contributed by atoms with van der Waals surface area (Å²) in [6.07, 6.45) is 1.62. The molecule has 0 saturated heterocycles. The fourth-order valence-electron chi connectivity index (χ4n) is 1.09. The minimum absolute atomic E-state index is 0.0811. The van der Waals surface area contributed by atoms with Crippen molar-refractivity contribution in [3.63, 3.8) is 0 Å². The van der Waals surface area contributed by atoms with Gasteiger partial charge in [0.15, 0.2) is 12.4 Å². The van der Waals surface area contributed by atoms with Crippen molar-refractivity contribution in [1.82, 2.24) is 4.98 Å². The predicted octanol–water partition coefficient (Wildman–Crippen LogP) is 0.721. The molecule has 4 nitrogen and oxygen atoms in total. The molecule has 1 aromatic rings. The van der Waals surface area contributed by atoms with Crippen molar-refractivity contribution >= 4 is 11.6 Å². The molecule has 1 amide bonds. The SMILES string of the molecule is Cc1cc2c(cn1)OCC(=O)N2. The van der Waals surface area contributed by atoms with Crippen molar-refractivity contribution in [2.24, 2.45) is 0 Å². The van der Waals surface area contributed by atoms with E-state index >= 15 is 0 Å². The maximum atomic E-state index is 10.9. The number of rotatable bonds is 0. The second-order valence-electron chi connectivity index (χ2n) is 2.66. The van der Waals surface area contributed by atoms with Crippen LogP contribution in [-0.2, 0) is 4.79 Å². The van der Waals surface area contributed by atoms with Gasteiger partial charge in [0, 0.05) is 5.69 Å². The van der Waals surface area contributed by atoms with Crippen LogP contribution in [-0.4, -0.2) is 17.5 Å². The Hall–Kier alpha value is -1.58. The topological polar surface area (TPSA) is 51.2 Å². The van der Waals surface area contributed by atoms with Gasteiger partial charge < -0.3 is 10.1 Å². The summed E-state index contributed by atoms with van der Waals surface area (Å²) in [5, 5.41) is 2.70. The van der Waals surface area contributed by atoms with Crippen molar-refractivity contribution in [3.8, 4) is 5.75 Å². The third-order valence-corrected chi connectivity index (χ3v) is 1.64. The number of hydrogen-bond acceptors (Lipinski definition) is 3. The number of hydrogen-bond donors (Lipinski definition) is 1. The average Bonchev–Trinajstić information content (AvgIpc) is 2.03. The van der Waals surface area contributed by atoms with Gasteiger partial charge in [0.25, 0.3) is 5.91 Å². The van der Waals surface area contributed by atoms with Gasteiger partial charge in [0.2, 0.25) is 0 Å². The van der Waals surface area contributed by atoms with Crippen LogP contribution < -0.4 is 10.1 Å². The molecule has 0 bridgehead atoms. The first kappa shape index (κ1) is 7.09. The first-order valence-corrected chi connectivity index (χ1v) is 3.65. The molecule has 1 aliphatic rings. The van der Waals surface area contributed by atoms with E-state index in [9.17, 15) is 4.79 Å². The van der Waals surface area contributed by atoms with Crippen LogP contribution >= 0.6 is 0 Å². The number of carbonyl (C=O) groups excluding carboxylic acids is 1. The zero-order chi connectivity index (χ0) is 8.55. The van der Waals surface area contributed by atoms with E-state index in [4.69, 9.17) is 4.74 Å².